The summed E-state index contributed by atoms with van der Waals surface area (Å²) in [6.45, 7) is 4.89. The van der Waals surface area contributed by atoms with E-state index in [0.717, 1.165) is 16.5 Å². The smallest absolute Gasteiger partial charge is 0.245 e. The largest absolute Gasteiger partial charge is 0.355 e. The van der Waals surface area contributed by atoms with Crippen molar-refractivity contribution in [2.45, 2.75) is 70.7 Å². The Labute approximate surface area is 280 Å². The molecule has 0 unspecified atom stereocenters. The van der Waals surface area contributed by atoms with Gasteiger partial charge in [-0.05, 0) is 48.8 Å². The Morgan fingerprint density at radius 1 is 0.896 bits per heavy atom. The lowest BCUT2D eigenvalue weighted by atomic mass is 10.0. The number of rotatable bonds is 6. The van der Waals surface area contributed by atoms with Gasteiger partial charge in [0.2, 0.25) is 35.4 Å². The van der Waals surface area contributed by atoms with Crippen LogP contribution in [-0.4, -0.2) is 89.2 Å². The molecule has 2 heterocycles. The Morgan fingerprint density at radius 2 is 1.60 bits per heavy atom. The van der Waals surface area contributed by atoms with E-state index in [0.29, 0.717) is 6.42 Å². The fourth-order valence-electron chi connectivity index (χ4n) is 5.60. The summed E-state index contributed by atoms with van der Waals surface area (Å²) in [5.74, 6) is -3.39. The van der Waals surface area contributed by atoms with Crippen molar-refractivity contribution >= 4 is 46.3 Å². The second kappa shape index (κ2) is 16.6. The highest BCUT2D eigenvalue weighted by Gasteiger charge is 2.32. The van der Waals surface area contributed by atoms with Crippen LogP contribution in [0, 0.1) is 5.92 Å². The molecule has 13 heteroatoms. The van der Waals surface area contributed by atoms with Gasteiger partial charge in [0, 0.05) is 31.7 Å². The van der Waals surface area contributed by atoms with Gasteiger partial charge in [-0.15, -0.1) is 0 Å². The molecule has 1 saturated heterocycles. The summed E-state index contributed by atoms with van der Waals surface area (Å²) in [7, 11) is 1.48. The molecule has 5 N–H and O–H groups in total. The Hall–Kier alpha value is -5.20. The third-order valence-electron chi connectivity index (χ3n) is 8.29. The highest BCUT2D eigenvalue weighted by atomic mass is 16.2. The molecule has 13 nitrogen and oxygen atoms in total. The molecular formula is C35H45N7O6. The molecule has 4 rings (SSSR count). The molecule has 6 amide bonds. The molecule has 0 saturated carbocycles. The Morgan fingerprint density at radius 3 is 2.33 bits per heavy atom. The molecule has 0 bridgehead atoms. The normalized spacial score (nSPS) is 22.3. The fraction of sp³-hybridized carbons (Fsp3) is 0.429. The summed E-state index contributed by atoms with van der Waals surface area (Å²) in [5.41, 5.74) is 1.67. The van der Waals surface area contributed by atoms with E-state index in [9.17, 15) is 28.8 Å². The SMILES string of the molecule is CC(C)[C@H]1NC(=O)[C@@H](NC(=O)Cn2ccc3ccccc32)CCCNC(=O)CN(C)C(=O)[C@H](Cc2ccccc2)NC(=O)[C@@H](C)NC1=O. The van der Waals surface area contributed by atoms with Gasteiger partial charge in [0.05, 0.1) is 6.54 Å². The maximum absolute atomic E-state index is 13.6. The van der Waals surface area contributed by atoms with Crippen LogP contribution < -0.4 is 26.6 Å². The van der Waals surface area contributed by atoms with E-state index in [1.54, 1.807) is 24.6 Å². The third-order valence-corrected chi connectivity index (χ3v) is 8.29. The lowest BCUT2D eigenvalue weighted by Crippen LogP contribution is -2.59. The number of para-hydroxylation sites is 1. The molecule has 0 aliphatic carbocycles. The van der Waals surface area contributed by atoms with Crippen LogP contribution in [-0.2, 0) is 41.7 Å². The quantitative estimate of drug-likeness (QED) is 0.263. The van der Waals surface area contributed by atoms with Gasteiger partial charge in [-0.1, -0.05) is 62.4 Å². The van der Waals surface area contributed by atoms with Crippen molar-refractivity contribution in [1.82, 2.24) is 36.1 Å². The molecule has 4 atom stereocenters. The first kappa shape index (κ1) is 35.7. The molecule has 1 aromatic heterocycles. The summed E-state index contributed by atoms with van der Waals surface area (Å²) < 4.78 is 1.78. The lowest BCUT2D eigenvalue weighted by molar-refractivity contribution is -0.139. The number of carbonyl (C=O) groups excluding carboxylic acids is 6. The van der Waals surface area contributed by atoms with Crippen LogP contribution in [0.1, 0.15) is 39.2 Å². The van der Waals surface area contributed by atoms with Gasteiger partial charge in [-0.3, -0.25) is 28.8 Å². The monoisotopic (exact) mass is 659 g/mol. The van der Waals surface area contributed by atoms with Gasteiger partial charge >= 0.3 is 0 Å². The predicted octanol–water partition coefficient (Wildman–Crippen LogP) is 0.868. The van der Waals surface area contributed by atoms with E-state index >= 15 is 0 Å². The highest BCUT2D eigenvalue weighted by molar-refractivity contribution is 5.96. The number of fused-ring (bicyclic) bond motifs is 1. The number of carbonyl (C=O) groups is 6. The first-order valence-corrected chi connectivity index (χ1v) is 16.2. The average Bonchev–Trinajstić information content (AvgIpc) is 3.46. The summed E-state index contributed by atoms with van der Waals surface area (Å²) in [4.78, 5) is 81.0. The molecule has 1 aliphatic heterocycles. The van der Waals surface area contributed by atoms with Crippen molar-refractivity contribution < 1.29 is 28.8 Å². The van der Waals surface area contributed by atoms with Gasteiger partial charge in [-0.25, -0.2) is 0 Å². The third kappa shape index (κ3) is 9.66. The number of likely N-dealkylation sites (N-methyl/N-ethyl adjacent to an activating group) is 1. The summed E-state index contributed by atoms with van der Waals surface area (Å²) in [5, 5.41) is 14.7. The molecule has 256 valence electrons. The number of benzene rings is 2. The van der Waals surface area contributed by atoms with Crippen LogP contribution in [0.4, 0.5) is 0 Å². The zero-order valence-corrected chi connectivity index (χ0v) is 27.8. The van der Waals surface area contributed by atoms with E-state index in [1.807, 2.05) is 60.7 Å². The second-order valence-corrected chi connectivity index (χ2v) is 12.5. The molecule has 0 radical (unpaired) electrons. The first-order valence-electron chi connectivity index (χ1n) is 16.2. The summed E-state index contributed by atoms with van der Waals surface area (Å²) in [6, 6.07) is 14.6. The highest BCUT2D eigenvalue weighted by Crippen LogP contribution is 2.15. The van der Waals surface area contributed by atoms with Gasteiger partial charge in [0.1, 0.15) is 30.7 Å². The van der Waals surface area contributed by atoms with E-state index in [1.165, 1.54) is 18.9 Å². The number of nitrogens with one attached hydrogen (secondary N) is 5. The average molecular weight is 660 g/mol. The molecule has 3 aromatic rings. The Kier molecular flexibility index (Phi) is 12.3. The van der Waals surface area contributed by atoms with Crippen LogP contribution in [0.25, 0.3) is 10.9 Å². The second-order valence-electron chi connectivity index (χ2n) is 12.5. The molecule has 1 fully saturated rings. The molecule has 1 aliphatic rings. The number of aromatic nitrogens is 1. The van der Waals surface area contributed by atoms with Crippen molar-refractivity contribution in [3.63, 3.8) is 0 Å². The maximum Gasteiger partial charge on any atom is 0.245 e. The van der Waals surface area contributed by atoms with Crippen LogP contribution in [0.15, 0.2) is 66.9 Å². The minimum Gasteiger partial charge on any atom is -0.355 e. The van der Waals surface area contributed by atoms with Crippen LogP contribution in [0.2, 0.25) is 0 Å². The molecular weight excluding hydrogens is 614 g/mol. The zero-order chi connectivity index (χ0) is 34.8. The minimum absolute atomic E-state index is 0.0274. The predicted molar refractivity (Wildman–Crippen MR) is 180 cm³/mol. The number of amides is 6. The van der Waals surface area contributed by atoms with Gasteiger partial charge in [-0.2, -0.15) is 0 Å². The van der Waals surface area contributed by atoms with E-state index in [4.69, 9.17) is 0 Å². The van der Waals surface area contributed by atoms with Crippen LogP contribution in [0.3, 0.4) is 0 Å². The van der Waals surface area contributed by atoms with Crippen LogP contribution in [0.5, 0.6) is 0 Å². The molecule has 0 spiro atoms. The van der Waals surface area contributed by atoms with Crippen molar-refractivity contribution in [3.8, 4) is 0 Å². The standard InChI is InChI=1S/C35H45N7O6/c1-22(2)31-34(47)37-23(3)32(45)39-27(19-24-11-6-5-7-12-24)35(48)41(4)20-29(43)36-17-10-14-26(33(46)40-31)38-30(44)21-42-18-16-25-13-8-9-15-28(25)42/h5-9,11-13,15-16,18,22-23,26-27,31H,10,14,17,19-21H2,1-4H3,(H,36,43)(H,37,47)(H,38,44)(H,39,45)(H,40,46)/t23-,26+,27+,31-/m1/s1. The van der Waals surface area contributed by atoms with Crippen molar-refractivity contribution in [1.29, 1.82) is 0 Å². The maximum atomic E-state index is 13.6. The lowest BCUT2D eigenvalue weighted by Gasteiger charge is -2.28. The fourth-order valence-corrected chi connectivity index (χ4v) is 5.60. The number of hydrogen-bond donors (Lipinski definition) is 5. The Bertz CT molecular complexity index is 1620. The van der Waals surface area contributed by atoms with Gasteiger partial charge in [0.25, 0.3) is 0 Å². The van der Waals surface area contributed by atoms with E-state index in [-0.39, 0.29) is 38.4 Å². The topological polar surface area (TPSA) is 171 Å². The van der Waals surface area contributed by atoms with Crippen molar-refractivity contribution in [3.05, 3.63) is 72.4 Å². The number of nitrogens with zero attached hydrogens (tertiary/aromatic N) is 2. The summed E-state index contributed by atoms with van der Waals surface area (Å²) >= 11 is 0. The van der Waals surface area contributed by atoms with Crippen molar-refractivity contribution in [2.75, 3.05) is 20.1 Å². The molecule has 48 heavy (non-hydrogen) atoms. The van der Waals surface area contributed by atoms with Gasteiger partial charge < -0.3 is 36.1 Å². The minimum atomic E-state index is -1.05. The summed E-state index contributed by atoms with van der Waals surface area (Å²) in [6.07, 6.45) is 2.47. The van der Waals surface area contributed by atoms with Crippen molar-refractivity contribution in [2.24, 2.45) is 5.92 Å². The van der Waals surface area contributed by atoms with Crippen LogP contribution >= 0.6 is 0 Å². The molecule has 2 aromatic carbocycles. The zero-order valence-electron chi connectivity index (χ0n) is 27.8. The van der Waals surface area contributed by atoms with Gasteiger partial charge in [0.15, 0.2) is 0 Å². The van der Waals surface area contributed by atoms with E-state index in [2.05, 4.69) is 26.6 Å². The Balaban J connectivity index is 1.52. The van der Waals surface area contributed by atoms with E-state index < -0.39 is 59.6 Å². The number of hydrogen-bond acceptors (Lipinski definition) is 6. The first-order chi connectivity index (χ1) is 22.9.